The van der Waals surface area contributed by atoms with E-state index in [9.17, 15) is 4.79 Å². The van der Waals surface area contributed by atoms with Crippen LogP contribution in [-0.4, -0.2) is 15.7 Å². The smallest absolute Gasteiger partial charge is 0.223 e. The number of aromatic nitrogens is 1. The number of Topliss-reactive ketones (excluding diaryl/α,β-unsaturated/α-hetero) is 1. The van der Waals surface area contributed by atoms with Crippen molar-refractivity contribution >= 4 is 34.7 Å². The molecule has 0 amide bonds. The summed E-state index contributed by atoms with van der Waals surface area (Å²) >= 11 is 1.46. The molecule has 0 spiro atoms. The molecule has 0 atom stereocenters. The summed E-state index contributed by atoms with van der Waals surface area (Å²) in [6.45, 7) is 5.63. The van der Waals surface area contributed by atoms with Gasteiger partial charge in [-0.3, -0.25) is 10.2 Å². The lowest BCUT2D eigenvalue weighted by molar-refractivity contribution is 0.101. The Kier molecular flexibility index (Phi) is 5.66. The van der Waals surface area contributed by atoms with Crippen molar-refractivity contribution in [2.45, 2.75) is 27.2 Å². The zero-order valence-corrected chi connectivity index (χ0v) is 16.4. The van der Waals surface area contributed by atoms with Gasteiger partial charge in [0.2, 0.25) is 5.96 Å². The number of rotatable bonds is 4. The molecular formula is C21H22N4OS. The van der Waals surface area contributed by atoms with Gasteiger partial charge >= 0.3 is 0 Å². The van der Waals surface area contributed by atoms with E-state index < -0.39 is 0 Å². The minimum Gasteiger partial charge on any atom is -0.325 e. The van der Waals surface area contributed by atoms with E-state index in [1.807, 2.05) is 31.2 Å². The van der Waals surface area contributed by atoms with Gasteiger partial charge in [0.15, 0.2) is 5.78 Å². The molecule has 1 aromatic heterocycles. The third kappa shape index (κ3) is 4.60. The van der Waals surface area contributed by atoms with Crippen LogP contribution in [0.4, 0.5) is 11.4 Å². The zero-order chi connectivity index (χ0) is 19.4. The molecule has 6 heteroatoms. The summed E-state index contributed by atoms with van der Waals surface area (Å²) in [5.74, 6) is 0.584. The molecule has 1 heterocycles. The molecule has 0 bridgehead atoms. The van der Waals surface area contributed by atoms with Gasteiger partial charge in [0.05, 0.1) is 5.69 Å². The van der Waals surface area contributed by atoms with Crippen LogP contribution in [0.2, 0.25) is 0 Å². The Labute approximate surface area is 162 Å². The van der Waals surface area contributed by atoms with Crippen LogP contribution in [0.15, 0.2) is 59.6 Å². The van der Waals surface area contributed by atoms with E-state index in [0.29, 0.717) is 17.0 Å². The first-order valence-electron chi connectivity index (χ1n) is 8.77. The third-order valence-corrected chi connectivity index (χ3v) is 5.07. The number of ketones is 1. The molecule has 3 aromatic rings. The predicted octanol–water partition coefficient (Wildman–Crippen LogP) is 4.75. The molecule has 3 rings (SSSR count). The monoisotopic (exact) mass is 378 g/mol. The Morgan fingerprint density at radius 2 is 1.81 bits per heavy atom. The lowest BCUT2D eigenvalue weighted by Crippen LogP contribution is -2.28. The van der Waals surface area contributed by atoms with Gasteiger partial charge in [0.1, 0.15) is 5.49 Å². The highest BCUT2D eigenvalue weighted by atomic mass is 32.1. The number of aliphatic imine (C=N–C) groups is 1. The maximum absolute atomic E-state index is 11.5. The highest BCUT2D eigenvalue weighted by Gasteiger charge is 2.09. The Morgan fingerprint density at radius 3 is 2.33 bits per heavy atom. The molecule has 0 saturated carbocycles. The van der Waals surface area contributed by atoms with Crippen LogP contribution in [0.1, 0.15) is 34.6 Å². The van der Waals surface area contributed by atoms with Crippen molar-refractivity contribution in [3.8, 4) is 0 Å². The Bertz CT molecular complexity index is 1030. The molecule has 0 aliphatic heterocycles. The zero-order valence-electron chi connectivity index (χ0n) is 15.6. The van der Waals surface area contributed by atoms with Crippen LogP contribution in [0.25, 0.3) is 0 Å². The van der Waals surface area contributed by atoms with Crippen molar-refractivity contribution < 1.29 is 4.79 Å². The van der Waals surface area contributed by atoms with Gasteiger partial charge in [-0.15, -0.1) is 0 Å². The van der Waals surface area contributed by atoms with Crippen molar-refractivity contribution in [2.24, 2.45) is 4.99 Å². The molecule has 0 aliphatic carbocycles. The first kappa shape index (κ1) is 18.8. The van der Waals surface area contributed by atoms with Crippen molar-refractivity contribution in [3.63, 3.8) is 0 Å². The predicted molar refractivity (Wildman–Crippen MR) is 111 cm³/mol. The van der Waals surface area contributed by atoms with Crippen LogP contribution in [0.3, 0.4) is 0 Å². The largest absolute Gasteiger partial charge is 0.325 e. The molecule has 138 valence electrons. The number of benzene rings is 2. The van der Waals surface area contributed by atoms with E-state index in [4.69, 9.17) is 10.4 Å². The fraction of sp³-hybridized carbons (Fsp3) is 0.190. The van der Waals surface area contributed by atoms with Gasteiger partial charge in [-0.1, -0.05) is 30.6 Å². The molecule has 27 heavy (non-hydrogen) atoms. The molecule has 2 N–H and O–H groups in total. The minimum atomic E-state index is 0.0307. The second kappa shape index (κ2) is 8.14. The average molecular weight is 379 g/mol. The Balaban J connectivity index is 1.99. The molecule has 0 fully saturated rings. The summed E-state index contributed by atoms with van der Waals surface area (Å²) in [4.78, 5) is 17.2. The lowest BCUT2D eigenvalue weighted by atomic mass is 10.1. The van der Waals surface area contributed by atoms with Gasteiger partial charge in [0, 0.05) is 16.1 Å². The third-order valence-electron chi connectivity index (χ3n) is 4.11. The van der Waals surface area contributed by atoms with Gasteiger partial charge in [-0.2, -0.15) is 0 Å². The average Bonchev–Trinajstić information content (AvgIpc) is 3.00. The van der Waals surface area contributed by atoms with Gasteiger partial charge in [0.25, 0.3) is 0 Å². The van der Waals surface area contributed by atoms with E-state index in [1.165, 1.54) is 17.1 Å². The van der Waals surface area contributed by atoms with Crippen molar-refractivity contribution in [1.29, 1.82) is 5.41 Å². The van der Waals surface area contributed by atoms with E-state index >= 15 is 0 Å². The summed E-state index contributed by atoms with van der Waals surface area (Å²) < 4.78 is 1.75. The topological polar surface area (TPSA) is 70.2 Å². The molecule has 0 radical (unpaired) electrons. The highest BCUT2D eigenvalue weighted by molar-refractivity contribution is 7.07. The molecule has 2 aromatic carbocycles. The fourth-order valence-electron chi connectivity index (χ4n) is 2.60. The summed E-state index contributed by atoms with van der Waals surface area (Å²) in [6.07, 6.45) is 0.980. The van der Waals surface area contributed by atoms with E-state index in [0.717, 1.165) is 22.7 Å². The first-order valence-corrected chi connectivity index (χ1v) is 9.54. The minimum absolute atomic E-state index is 0.0307. The number of carbonyl (C=O) groups excluding carboxylic acids is 1. The van der Waals surface area contributed by atoms with Crippen LogP contribution in [0.5, 0.6) is 0 Å². The van der Waals surface area contributed by atoms with Crippen LogP contribution in [-0.2, 0) is 6.42 Å². The summed E-state index contributed by atoms with van der Waals surface area (Å²) in [5, 5.41) is 11.5. The SMILES string of the molecule is CCc1ccc(N=C(Nc2ccc(C(C)=O)cc2)n2sc(C)cc2=N)cc1. The molecule has 5 nitrogen and oxygen atoms in total. The quantitative estimate of drug-likeness (QED) is 0.391. The number of hydrogen-bond acceptors (Lipinski definition) is 4. The van der Waals surface area contributed by atoms with Gasteiger partial charge in [-0.25, -0.2) is 8.95 Å². The highest BCUT2D eigenvalue weighted by Crippen LogP contribution is 2.17. The van der Waals surface area contributed by atoms with Crippen molar-refractivity contribution in [2.75, 3.05) is 5.32 Å². The summed E-state index contributed by atoms with van der Waals surface area (Å²) in [6, 6.07) is 17.1. The molecule has 0 saturated heterocycles. The van der Waals surface area contributed by atoms with Crippen molar-refractivity contribution in [3.05, 3.63) is 76.1 Å². The number of anilines is 1. The first-order chi connectivity index (χ1) is 13.0. The van der Waals surface area contributed by atoms with E-state index in [-0.39, 0.29) is 5.78 Å². The van der Waals surface area contributed by atoms with Gasteiger partial charge < -0.3 is 5.32 Å². The standard InChI is InChI=1S/C21H22N4OS/c1-4-16-5-9-18(10-6-16)23-21(25-20(22)13-14(2)27-25)24-19-11-7-17(8-12-19)15(3)26/h5-13,22H,4H2,1-3H3,(H,23,24). The number of nitrogens with one attached hydrogen (secondary N) is 2. The molecule has 0 unspecified atom stereocenters. The van der Waals surface area contributed by atoms with E-state index in [1.54, 1.807) is 29.1 Å². The molecule has 0 aliphatic rings. The second-order valence-electron chi connectivity index (χ2n) is 6.24. The fourth-order valence-corrected chi connectivity index (χ4v) is 3.37. The van der Waals surface area contributed by atoms with Crippen LogP contribution < -0.4 is 10.8 Å². The Morgan fingerprint density at radius 1 is 1.15 bits per heavy atom. The van der Waals surface area contributed by atoms with Crippen LogP contribution >= 0.6 is 11.5 Å². The van der Waals surface area contributed by atoms with Crippen LogP contribution in [0, 0.1) is 12.3 Å². The second-order valence-corrected chi connectivity index (χ2v) is 7.43. The van der Waals surface area contributed by atoms with Crippen molar-refractivity contribution in [1.82, 2.24) is 3.96 Å². The van der Waals surface area contributed by atoms with E-state index in [2.05, 4.69) is 24.4 Å². The Hall–Kier alpha value is -2.99. The lowest BCUT2D eigenvalue weighted by Gasteiger charge is -2.11. The number of nitrogens with zero attached hydrogens (tertiary/aromatic N) is 2. The number of carbonyl (C=O) groups is 1. The number of aryl methyl sites for hydroxylation is 2. The normalized spacial score (nSPS) is 11.4. The number of hydrogen-bond donors (Lipinski definition) is 2. The maximum Gasteiger partial charge on any atom is 0.223 e. The molecular weight excluding hydrogens is 356 g/mol. The maximum atomic E-state index is 11.5. The summed E-state index contributed by atoms with van der Waals surface area (Å²) in [5.41, 5.74) is 3.91. The summed E-state index contributed by atoms with van der Waals surface area (Å²) in [7, 11) is 0. The van der Waals surface area contributed by atoms with Gasteiger partial charge in [-0.05, 0) is 68.3 Å².